The summed E-state index contributed by atoms with van der Waals surface area (Å²) in [6, 6.07) is 4.19. The Bertz CT molecular complexity index is 786. The Kier molecular flexibility index (Phi) is 5.66. The van der Waals surface area contributed by atoms with Gasteiger partial charge in [0.15, 0.2) is 5.82 Å². The van der Waals surface area contributed by atoms with E-state index in [1.807, 2.05) is 0 Å². The van der Waals surface area contributed by atoms with E-state index in [1.165, 1.54) is 12.1 Å². The van der Waals surface area contributed by atoms with Crippen molar-refractivity contribution in [2.75, 3.05) is 13.1 Å². The average Bonchev–Trinajstić information content (AvgIpc) is 2.84. The molecule has 26 heavy (non-hydrogen) atoms. The van der Waals surface area contributed by atoms with E-state index in [1.54, 1.807) is 13.0 Å². The fourth-order valence-electron chi connectivity index (χ4n) is 3.28. The summed E-state index contributed by atoms with van der Waals surface area (Å²) in [6.07, 6.45) is 1.59. The second-order valence-electron chi connectivity index (χ2n) is 7.25. The number of aryl methyl sites for hydroxylation is 1. The van der Waals surface area contributed by atoms with Gasteiger partial charge in [-0.05, 0) is 43.0 Å². The number of hydrogen-bond donors (Lipinski definition) is 2. The van der Waals surface area contributed by atoms with Gasteiger partial charge in [0.25, 0.3) is 5.91 Å². The highest BCUT2D eigenvalue weighted by molar-refractivity contribution is 5.94. The van der Waals surface area contributed by atoms with Crippen LogP contribution in [0.4, 0.5) is 4.39 Å². The topological polar surface area (TPSA) is 71.8 Å². The number of hydrogen-bond acceptors (Lipinski definition) is 4. The molecule has 0 fully saturated rings. The lowest BCUT2D eigenvalue weighted by molar-refractivity contribution is 0.0928. The first kappa shape index (κ1) is 18.5. The quantitative estimate of drug-likeness (QED) is 0.860. The zero-order chi connectivity index (χ0) is 18.7. The summed E-state index contributed by atoms with van der Waals surface area (Å²) in [7, 11) is 0. The second kappa shape index (κ2) is 7.95. The Labute approximate surface area is 153 Å². The summed E-state index contributed by atoms with van der Waals surface area (Å²) < 4.78 is 15.6. The normalized spacial score (nSPS) is 15.4. The van der Waals surface area contributed by atoms with E-state index in [-0.39, 0.29) is 17.8 Å². The van der Waals surface area contributed by atoms with Crippen LogP contribution in [0.15, 0.2) is 18.2 Å². The largest absolute Gasteiger partial charge is 0.342 e. The molecule has 1 atom stereocenters. The molecule has 1 aromatic heterocycles. The van der Waals surface area contributed by atoms with Crippen LogP contribution in [0, 0.1) is 18.7 Å². The van der Waals surface area contributed by atoms with Crippen LogP contribution >= 0.6 is 0 Å². The maximum atomic E-state index is 13.5. The van der Waals surface area contributed by atoms with Gasteiger partial charge in [0.1, 0.15) is 11.6 Å². The molecule has 1 unspecified atom stereocenters. The minimum atomic E-state index is -0.310. The SMILES string of the molecule is Cc1cc(C(=O)NC(CC(C)C)c2nnc3n2CCNCC3)ccc1F. The second-order valence-corrected chi connectivity index (χ2v) is 7.25. The minimum absolute atomic E-state index is 0.220. The summed E-state index contributed by atoms with van der Waals surface area (Å²) >= 11 is 0. The van der Waals surface area contributed by atoms with Gasteiger partial charge in [-0.25, -0.2) is 4.39 Å². The predicted octanol–water partition coefficient (Wildman–Crippen LogP) is 2.39. The third-order valence-electron chi connectivity index (χ3n) is 4.64. The molecule has 0 radical (unpaired) electrons. The molecule has 2 aromatic rings. The van der Waals surface area contributed by atoms with E-state index in [0.29, 0.717) is 17.0 Å². The number of nitrogens with zero attached hydrogens (tertiary/aromatic N) is 3. The Balaban J connectivity index is 1.85. The maximum absolute atomic E-state index is 13.5. The van der Waals surface area contributed by atoms with Gasteiger partial charge >= 0.3 is 0 Å². The van der Waals surface area contributed by atoms with E-state index >= 15 is 0 Å². The van der Waals surface area contributed by atoms with Crippen LogP contribution in [0.1, 0.15) is 53.9 Å². The van der Waals surface area contributed by atoms with E-state index in [4.69, 9.17) is 0 Å². The summed E-state index contributed by atoms with van der Waals surface area (Å²) in [5.74, 6) is 1.60. The van der Waals surface area contributed by atoms with Gasteiger partial charge in [0.2, 0.25) is 0 Å². The first-order valence-electron chi connectivity index (χ1n) is 9.15. The predicted molar refractivity (Wildman–Crippen MR) is 97.4 cm³/mol. The maximum Gasteiger partial charge on any atom is 0.251 e. The van der Waals surface area contributed by atoms with Crippen molar-refractivity contribution in [3.05, 3.63) is 46.8 Å². The molecule has 0 saturated heterocycles. The van der Waals surface area contributed by atoms with Gasteiger partial charge in [-0.3, -0.25) is 4.79 Å². The molecule has 7 heteroatoms. The fraction of sp³-hybridized carbons (Fsp3) is 0.526. The average molecular weight is 359 g/mol. The monoisotopic (exact) mass is 359 g/mol. The zero-order valence-electron chi connectivity index (χ0n) is 15.6. The van der Waals surface area contributed by atoms with Crippen molar-refractivity contribution in [2.45, 2.75) is 46.2 Å². The number of carbonyl (C=O) groups is 1. The number of amides is 1. The standard InChI is InChI=1S/C19H26FN5O/c1-12(2)10-16(18-24-23-17-6-7-21-8-9-25(17)18)22-19(26)14-4-5-15(20)13(3)11-14/h4-5,11-12,16,21H,6-10H2,1-3H3,(H,22,26). The van der Waals surface area contributed by atoms with Crippen LogP contribution < -0.4 is 10.6 Å². The highest BCUT2D eigenvalue weighted by Crippen LogP contribution is 2.22. The molecule has 2 N–H and O–H groups in total. The Morgan fingerprint density at radius 1 is 1.35 bits per heavy atom. The smallest absolute Gasteiger partial charge is 0.251 e. The Morgan fingerprint density at radius 3 is 2.88 bits per heavy atom. The van der Waals surface area contributed by atoms with Crippen LogP contribution in [0.5, 0.6) is 0 Å². The van der Waals surface area contributed by atoms with Crippen molar-refractivity contribution in [3.8, 4) is 0 Å². The fourth-order valence-corrected chi connectivity index (χ4v) is 3.28. The first-order valence-corrected chi connectivity index (χ1v) is 9.15. The molecule has 0 bridgehead atoms. The number of fused-ring (bicyclic) bond motifs is 1. The van der Waals surface area contributed by atoms with Gasteiger partial charge in [0.05, 0.1) is 6.04 Å². The van der Waals surface area contributed by atoms with Crippen molar-refractivity contribution in [1.29, 1.82) is 0 Å². The van der Waals surface area contributed by atoms with Crippen molar-refractivity contribution < 1.29 is 9.18 Å². The molecule has 1 aliphatic rings. The van der Waals surface area contributed by atoms with Crippen LogP contribution in [0.3, 0.4) is 0 Å². The molecule has 1 aromatic carbocycles. The number of rotatable bonds is 5. The Hall–Kier alpha value is -2.28. The highest BCUT2D eigenvalue weighted by atomic mass is 19.1. The summed E-state index contributed by atoms with van der Waals surface area (Å²) in [5, 5.41) is 15.1. The molecule has 1 amide bonds. The number of nitrogens with one attached hydrogen (secondary N) is 2. The lowest BCUT2D eigenvalue weighted by Crippen LogP contribution is -2.32. The van der Waals surface area contributed by atoms with Crippen LogP contribution in [-0.4, -0.2) is 33.8 Å². The van der Waals surface area contributed by atoms with Gasteiger partial charge in [-0.2, -0.15) is 0 Å². The van der Waals surface area contributed by atoms with Crippen molar-refractivity contribution in [1.82, 2.24) is 25.4 Å². The molecule has 0 spiro atoms. The van der Waals surface area contributed by atoms with Gasteiger partial charge < -0.3 is 15.2 Å². The van der Waals surface area contributed by atoms with E-state index in [0.717, 1.165) is 44.1 Å². The van der Waals surface area contributed by atoms with Crippen molar-refractivity contribution in [3.63, 3.8) is 0 Å². The number of benzene rings is 1. The lowest BCUT2D eigenvalue weighted by Gasteiger charge is -2.21. The van der Waals surface area contributed by atoms with Crippen LogP contribution in [0.2, 0.25) is 0 Å². The minimum Gasteiger partial charge on any atom is -0.342 e. The molecular formula is C19H26FN5O. The highest BCUT2D eigenvalue weighted by Gasteiger charge is 2.25. The number of aromatic nitrogens is 3. The first-order chi connectivity index (χ1) is 12.5. The zero-order valence-corrected chi connectivity index (χ0v) is 15.6. The van der Waals surface area contributed by atoms with Crippen LogP contribution in [-0.2, 0) is 13.0 Å². The molecule has 6 nitrogen and oxygen atoms in total. The molecule has 1 aliphatic heterocycles. The van der Waals surface area contributed by atoms with Gasteiger partial charge in [-0.15, -0.1) is 10.2 Å². The third kappa shape index (κ3) is 4.09. The molecule has 0 aliphatic carbocycles. The van der Waals surface area contributed by atoms with Gasteiger partial charge in [-0.1, -0.05) is 13.8 Å². The van der Waals surface area contributed by atoms with E-state index in [2.05, 4.69) is 39.2 Å². The third-order valence-corrected chi connectivity index (χ3v) is 4.64. The summed E-state index contributed by atoms with van der Waals surface area (Å²) in [6.45, 7) is 8.41. The lowest BCUT2D eigenvalue weighted by atomic mass is 10.0. The van der Waals surface area contributed by atoms with Crippen molar-refractivity contribution in [2.24, 2.45) is 5.92 Å². The van der Waals surface area contributed by atoms with Crippen LogP contribution in [0.25, 0.3) is 0 Å². The molecule has 3 rings (SSSR count). The molecular weight excluding hydrogens is 333 g/mol. The molecule has 0 saturated carbocycles. The Morgan fingerprint density at radius 2 is 2.15 bits per heavy atom. The van der Waals surface area contributed by atoms with Crippen molar-refractivity contribution >= 4 is 5.91 Å². The van der Waals surface area contributed by atoms with Gasteiger partial charge in [0, 0.05) is 31.6 Å². The van der Waals surface area contributed by atoms with E-state index < -0.39 is 0 Å². The summed E-state index contributed by atoms with van der Waals surface area (Å²) in [4.78, 5) is 12.7. The number of halogens is 1. The molecule has 140 valence electrons. The molecule has 2 heterocycles. The summed E-state index contributed by atoms with van der Waals surface area (Å²) in [5.41, 5.74) is 0.912. The van der Waals surface area contributed by atoms with E-state index in [9.17, 15) is 9.18 Å². The number of carbonyl (C=O) groups excluding carboxylic acids is 1.